The fraction of sp³-hybridized carbons (Fsp3) is 0.462. The fourth-order valence-electron chi connectivity index (χ4n) is 1.93. The van der Waals surface area contributed by atoms with Gasteiger partial charge in [0, 0.05) is 0 Å². The molecule has 4 heteroatoms. The van der Waals surface area contributed by atoms with Gasteiger partial charge in [0.2, 0.25) is 5.91 Å². The lowest BCUT2D eigenvalue weighted by Crippen LogP contribution is -2.31. The van der Waals surface area contributed by atoms with Crippen LogP contribution in [-0.2, 0) is 4.79 Å². The van der Waals surface area contributed by atoms with E-state index in [1.807, 2.05) is 24.3 Å². The third kappa shape index (κ3) is 2.97. The predicted molar refractivity (Wildman–Crippen MR) is 63.7 cm³/mol. The summed E-state index contributed by atoms with van der Waals surface area (Å²) in [5.74, 6) is 0.980. The molecule has 92 valence electrons. The Kier molecular flexibility index (Phi) is 3.64. The normalized spacial score (nSPS) is 16.4. The minimum absolute atomic E-state index is 0.0144. The average molecular weight is 235 g/mol. The second kappa shape index (κ2) is 5.19. The molecule has 1 aliphatic carbocycles. The van der Waals surface area contributed by atoms with E-state index in [0.717, 1.165) is 24.2 Å². The number of amides is 1. The van der Waals surface area contributed by atoms with Crippen LogP contribution in [0.15, 0.2) is 24.3 Å². The van der Waals surface area contributed by atoms with Crippen molar-refractivity contribution in [3.8, 4) is 5.75 Å². The number of carbonyl (C=O) groups is 1. The Morgan fingerprint density at radius 3 is 2.59 bits per heavy atom. The molecular weight excluding hydrogens is 218 g/mol. The summed E-state index contributed by atoms with van der Waals surface area (Å²) >= 11 is 0. The molecule has 1 unspecified atom stereocenters. The van der Waals surface area contributed by atoms with Crippen LogP contribution in [0.3, 0.4) is 0 Å². The number of ether oxygens (including phenoxy) is 1. The summed E-state index contributed by atoms with van der Waals surface area (Å²) in [7, 11) is 1.63. The van der Waals surface area contributed by atoms with Crippen molar-refractivity contribution in [1.82, 2.24) is 5.32 Å². The van der Waals surface area contributed by atoms with Gasteiger partial charge in [-0.1, -0.05) is 12.1 Å². The maximum atomic E-state index is 11.3. The van der Waals surface area contributed by atoms with Crippen molar-refractivity contribution in [2.75, 3.05) is 13.7 Å². The molecule has 1 aliphatic rings. The highest BCUT2D eigenvalue weighted by molar-refractivity contribution is 5.77. The van der Waals surface area contributed by atoms with E-state index in [0.29, 0.717) is 5.92 Å². The van der Waals surface area contributed by atoms with Crippen LogP contribution in [0.5, 0.6) is 5.75 Å². The van der Waals surface area contributed by atoms with Gasteiger partial charge >= 0.3 is 0 Å². The quantitative estimate of drug-likeness (QED) is 0.807. The Hall–Kier alpha value is -1.55. The van der Waals surface area contributed by atoms with Crippen molar-refractivity contribution in [2.45, 2.75) is 18.9 Å². The topological polar surface area (TPSA) is 58.6 Å². The van der Waals surface area contributed by atoms with Gasteiger partial charge in [-0.05, 0) is 36.5 Å². The highest BCUT2D eigenvalue weighted by Crippen LogP contribution is 2.41. The summed E-state index contributed by atoms with van der Waals surface area (Å²) in [4.78, 5) is 11.3. The molecule has 0 spiro atoms. The van der Waals surface area contributed by atoms with Crippen molar-refractivity contribution >= 4 is 5.91 Å². The number of carbonyl (C=O) groups excluding carboxylic acids is 1. The number of nitrogens with one attached hydrogen (secondary N) is 1. The minimum Gasteiger partial charge on any atom is -0.497 e. The summed E-state index contributed by atoms with van der Waals surface area (Å²) in [6.45, 7) is -0.459. The standard InChI is InChI=1S/C13H17NO3/c1-17-11-6-4-10(5-7-11)13(9-2-3-9)14-12(16)8-15/h4-7,9,13,15H,2-3,8H2,1H3,(H,14,16). The molecule has 0 saturated heterocycles. The lowest BCUT2D eigenvalue weighted by Gasteiger charge is -2.18. The summed E-state index contributed by atoms with van der Waals surface area (Å²) in [6, 6.07) is 7.70. The highest BCUT2D eigenvalue weighted by atomic mass is 16.5. The second-order valence-corrected chi connectivity index (χ2v) is 4.31. The molecule has 4 nitrogen and oxygen atoms in total. The van der Waals surface area contributed by atoms with Crippen molar-refractivity contribution < 1.29 is 14.6 Å². The number of aliphatic hydroxyl groups excluding tert-OH is 1. The second-order valence-electron chi connectivity index (χ2n) is 4.31. The first-order chi connectivity index (χ1) is 8.24. The number of methoxy groups -OCH3 is 1. The average Bonchev–Trinajstić information content (AvgIpc) is 3.20. The smallest absolute Gasteiger partial charge is 0.246 e. The third-order valence-electron chi connectivity index (χ3n) is 3.03. The summed E-state index contributed by atoms with van der Waals surface area (Å²) in [5.41, 5.74) is 1.06. The first-order valence-electron chi connectivity index (χ1n) is 5.78. The lowest BCUT2D eigenvalue weighted by atomic mass is 10.0. The Bertz CT molecular complexity index is 384. The van der Waals surface area contributed by atoms with E-state index in [2.05, 4.69) is 5.32 Å². The van der Waals surface area contributed by atoms with Gasteiger partial charge in [0.15, 0.2) is 0 Å². The lowest BCUT2D eigenvalue weighted by molar-refractivity contribution is -0.124. The van der Waals surface area contributed by atoms with Gasteiger partial charge in [0.25, 0.3) is 0 Å². The van der Waals surface area contributed by atoms with Crippen LogP contribution in [-0.4, -0.2) is 24.7 Å². The molecular formula is C13H17NO3. The molecule has 0 heterocycles. The van der Waals surface area contributed by atoms with Gasteiger partial charge < -0.3 is 15.2 Å². The van der Waals surface area contributed by atoms with Crippen LogP contribution in [0, 0.1) is 5.92 Å². The van der Waals surface area contributed by atoms with Crippen LogP contribution in [0.25, 0.3) is 0 Å². The zero-order valence-electron chi connectivity index (χ0n) is 9.85. The zero-order valence-corrected chi connectivity index (χ0v) is 9.85. The van der Waals surface area contributed by atoms with Crippen LogP contribution in [0.4, 0.5) is 0 Å². The first-order valence-corrected chi connectivity index (χ1v) is 5.78. The zero-order chi connectivity index (χ0) is 12.3. The van der Waals surface area contributed by atoms with Gasteiger partial charge in [-0.2, -0.15) is 0 Å². The molecule has 17 heavy (non-hydrogen) atoms. The van der Waals surface area contributed by atoms with Crippen molar-refractivity contribution in [3.63, 3.8) is 0 Å². The van der Waals surface area contributed by atoms with Crippen LogP contribution in [0.2, 0.25) is 0 Å². The molecule has 0 radical (unpaired) electrons. The number of benzene rings is 1. The SMILES string of the molecule is COc1ccc(C(NC(=O)CO)C2CC2)cc1. The summed E-state index contributed by atoms with van der Waals surface area (Å²) in [6.07, 6.45) is 2.25. The maximum Gasteiger partial charge on any atom is 0.246 e. The van der Waals surface area contributed by atoms with E-state index in [1.54, 1.807) is 7.11 Å². The molecule has 0 aromatic heterocycles. The number of rotatable bonds is 5. The van der Waals surface area contributed by atoms with Crippen LogP contribution >= 0.6 is 0 Å². The van der Waals surface area contributed by atoms with E-state index in [1.165, 1.54) is 0 Å². The van der Waals surface area contributed by atoms with Gasteiger partial charge in [-0.15, -0.1) is 0 Å². The monoisotopic (exact) mass is 235 g/mol. The molecule has 1 atom stereocenters. The molecule has 1 aromatic carbocycles. The molecule has 1 amide bonds. The highest BCUT2D eigenvalue weighted by Gasteiger charge is 2.33. The largest absolute Gasteiger partial charge is 0.497 e. The molecule has 0 bridgehead atoms. The van der Waals surface area contributed by atoms with Crippen molar-refractivity contribution in [3.05, 3.63) is 29.8 Å². The van der Waals surface area contributed by atoms with E-state index in [4.69, 9.17) is 9.84 Å². The molecule has 2 N–H and O–H groups in total. The minimum atomic E-state index is -0.459. The fourth-order valence-corrected chi connectivity index (χ4v) is 1.93. The number of aliphatic hydroxyl groups is 1. The molecule has 1 fully saturated rings. The molecule has 2 rings (SSSR count). The van der Waals surface area contributed by atoms with Gasteiger partial charge in [0.1, 0.15) is 12.4 Å². The Labute approximate surface area is 101 Å². The Morgan fingerprint density at radius 2 is 2.12 bits per heavy atom. The van der Waals surface area contributed by atoms with E-state index < -0.39 is 6.61 Å². The van der Waals surface area contributed by atoms with E-state index >= 15 is 0 Å². The Balaban J connectivity index is 2.11. The van der Waals surface area contributed by atoms with Crippen molar-refractivity contribution in [1.29, 1.82) is 0 Å². The first kappa shape index (κ1) is 11.9. The van der Waals surface area contributed by atoms with Crippen LogP contribution < -0.4 is 10.1 Å². The van der Waals surface area contributed by atoms with Crippen LogP contribution in [0.1, 0.15) is 24.4 Å². The molecule has 0 aliphatic heterocycles. The third-order valence-corrected chi connectivity index (χ3v) is 3.03. The maximum absolute atomic E-state index is 11.3. The van der Waals surface area contributed by atoms with Gasteiger partial charge in [-0.25, -0.2) is 0 Å². The summed E-state index contributed by atoms with van der Waals surface area (Å²) < 4.78 is 5.10. The molecule has 1 saturated carbocycles. The van der Waals surface area contributed by atoms with E-state index in [-0.39, 0.29) is 11.9 Å². The number of hydrogen-bond donors (Lipinski definition) is 2. The van der Waals surface area contributed by atoms with Gasteiger partial charge in [-0.3, -0.25) is 4.79 Å². The van der Waals surface area contributed by atoms with Gasteiger partial charge in [0.05, 0.1) is 13.2 Å². The Morgan fingerprint density at radius 1 is 1.47 bits per heavy atom. The number of hydrogen-bond acceptors (Lipinski definition) is 3. The summed E-state index contributed by atoms with van der Waals surface area (Å²) in [5, 5.41) is 11.6. The molecule has 1 aromatic rings. The van der Waals surface area contributed by atoms with Crippen molar-refractivity contribution in [2.24, 2.45) is 5.92 Å². The predicted octanol–water partition coefficient (Wildman–Crippen LogP) is 1.25. The van der Waals surface area contributed by atoms with E-state index in [9.17, 15) is 4.79 Å².